The zero-order valence-electron chi connectivity index (χ0n) is 14.2. The predicted molar refractivity (Wildman–Crippen MR) is 95.0 cm³/mol. The van der Waals surface area contributed by atoms with Gasteiger partial charge in [-0.3, -0.25) is 0 Å². The van der Waals surface area contributed by atoms with Crippen LogP contribution in [-0.4, -0.2) is 23.8 Å². The molecule has 1 aliphatic carbocycles. The molecule has 4 nitrogen and oxygen atoms in total. The third-order valence-corrected chi connectivity index (χ3v) is 4.67. The molecule has 0 heterocycles. The number of benzene rings is 2. The molecule has 0 fully saturated rings. The van der Waals surface area contributed by atoms with Crippen LogP contribution < -0.4 is 10.6 Å². The molecule has 2 aromatic carbocycles. The van der Waals surface area contributed by atoms with Gasteiger partial charge in [-0.25, -0.2) is 4.79 Å². The Hall–Kier alpha value is -2.33. The Kier molecular flexibility index (Phi) is 4.86. The molecular weight excluding hydrogens is 300 g/mol. The number of rotatable bonds is 4. The van der Waals surface area contributed by atoms with E-state index in [1.165, 1.54) is 16.7 Å². The Morgan fingerprint density at radius 2 is 2.00 bits per heavy atom. The van der Waals surface area contributed by atoms with Crippen molar-refractivity contribution in [2.75, 3.05) is 6.54 Å². The van der Waals surface area contributed by atoms with Crippen LogP contribution in [0.4, 0.5) is 4.79 Å². The van der Waals surface area contributed by atoms with E-state index in [0.717, 1.165) is 17.5 Å². The normalized spacial score (nSPS) is 19.0. The summed E-state index contributed by atoms with van der Waals surface area (Å²) >= 11 is 0. The summed E-state index contributed by atoms with van der Waals surface area (Å²) in [6, 6.07) is 13.6. The molecular formula is C20H24N2O2. The van der Waals surface area contributed by atoms with E-state index < -0.39 is 6.10 Å². The number of aryl methyl sites for hydroxylation is 2. The quantitative estimate of drug-likeness (QED) is 0.810. The van der Waals surface area contributed by atoms with E-state index >= 15 is 0 Å². The lowest BCUT2D eigenvalue weighted by atomic mass is 10.0. The van der Waals surface area contributed by atoms with Gasteiger partial charge in [-0.1, -0.05) is 48.0 Å². The smallest absolute Gasteiger partial charge is 0.315 e. The molecule has 4 heteroatoms. The third-order valence-electron chi connectivity index (χ3n) is 4.67. The molecule has 0 spiro atoms. The van der Waals surface area contributed by atoms with E-state index in [1.807, 2.05) is 24.3 Å². The zero-order valence-corrected chi connectivity index (χ0v) is 14.2. The molecule has 0 bridgehead atoms. The molecule has 0 saturated carbocycles. The number of hydrogen-bond donors (Lipinski definition) is 3. The summed E-state index contributed by atoms with van der Waals surface area (Å²) in [4.78, 5) is 12.2. The standard InChI is InChI=1S/C20H24N2O2/c1-13-7-8-15(14(2)11-13)9-10-21-20(24)22-19-17-6-4-3-5-16(17)12-18(19)23/h3-8,11,18-19,23H,9-10,12H2,1-2H3,(H2,21,22,24). The first-order valence-corrected chi connectivity index (χ1v) is 8.41. The van der Waals surface area contributed by atoms with Gasteiger partial charge in [0.2, 0.25) is 0 Å². The Balaban J connectivity index is 1.53. The summed E-state index contributed by atoms with van der Waals surface area (Å²) in [6.07, 6.45) is 0.819. The van der Waals surface area contributed by atoms with Gasteiger partial charge in [0.05, 0.1) is 12.1 Å². The van der Waals surface area contributed by atoms with Crippen molar-refractivity contribution in [3.8, 4) is 0 Å². The summed E-state index contributed by atoms with van der Waals surface area (Å²) in [6.45, 7) is 4.74. The molecule has 126 valence electrons. The van der Waals surface area contributed by atoms with Crippen molar-refractivity contribution in [2.45, 2.75) is 38.8 Å². The van der Waals surface area contributed by atoms with Crippen molar-refractivity contribution in [1.29, 1.82) is 0 Å². The number of urea groups is 1. The summed E-state index contributed by atoms with van der Waals surface area (Å²) in [5.41, 5.74) is 5.85. The largest absolute Gasteiger partial charge is 0.390 e. The van der Waals surface area contributed by atoms with Crippen molar-refractivity contribution >= 4 is 6.03 Å². The van der Waals surface area contributed by atoms with Crippen LogP contribution in [0.5, 0.6) is 0 Å². The van der Waals surface area contributed by atoms with Crippen LogP contribution in [0.1, 0.15) is 33.9 Å². The van der Waals surface area contributed by atoms with Gasteiger partial charge in [0.15, 0.2) is 0 Å². The lowest BCUT2D eigenvalue weighted by Gasteiger charge is -2.18. The second-order valence-corrected chi connectivity index (χ2v) is 6.53. The number of hydrogen-bond acceptors (Lipinski definition) is 2. The number of carbonyl (C=O) groups excluding carboxylic acids is 1. The van der Waals surface area contributed by atoms with Crippen LogP contribution in [-0.2, 0) is 12.8 Å². The molecule has 3 N–H and O–H groups in total. The number of carbonyl (C=O) groups is 1. The topological polar surface area (TPSA) is 61.4 Å². The number of amides is 2. The highest BCUT2D eigenvalue weighted by atomic mass is 16.3. The highest BCUT2D eigenvalue weighted by Gasteiger charge is 2.31. The third kappa shape index (κ3) is 3.60. The Labute approximate surface area is 142 Å². The van der Waals surface area contributed by atoms with Gasteiger partial charge in [0.1, 0.15) is 0 Å². The van der Waals surface area contributed by atoms with Gasteiger partial charge in [-0.05, 0) is 42.5 Å². The average Bonchev–Trinajstić information content (AvgIpc) is 2.85. The van der Waals surface area contributed by atoms with Crippen LogP contribution in [0.3, 0.4) is 0 Å². The first kappa shape index (κ1) is 16.5. The van der Waals surface area contributed by atoms with Gasteiger partial charge in [-0.15, -0.1) is 0 Å². The van der Waals surface area contributed by atoms with E-state index in [-0.39, 0.29) is 12.1 Å². The Bertz CT molecular complexity index is 742. The van der Waals surface area contributed by atoms with Crippen LogP contribution >= 0.6 is 0 Å². The summed E-state index contributed by atoms with van der Waals surface area (Å²) in [5.74, 6) is 0. The maximum Gasteiger partial charge on any atom is 0.315 e. The van der Waals surface area contributed by atoms with E-state index in [2.05, 4.69) is 42.7 Å². The van der Waals surface area contributed by atoms with Crippen molar-refractivity contribution in [3.05, 3.63) is 70.3 Å². The second kappa shape index (κ2) is 7.05. The minimum absolute atomic E-state index is 0.236. The number of aliphatic hydroxyl groups excluding tert-OH is 1. The number of aliphatic hydroxyl groups is 1. The van der Waals surface area contributed by atoms with E-state index in [0.29, 0.717) is 13.0 Å². The maximum absolute atomic E-state index is 12.2. The van der Waals surface area contributed by atoms with Gasteiger partial charge in [0, 0.05) is 13.0 Å². The second-order valence-electron chi connectivity index (χ2n) is 6.53. The van der Waals surface area contributed by atoms with E-state index in [1.54, 1.807) is 0 Å². The molecule has 2 atom stereocenters. The van der Waals surface area contributed by atoms with Crippen molar-refractivity contribution in [1.82, 2.24) is 10.6 Å². The number of nitrogens with one attached hydrogen (secondary N) is 2. The Morgan fingerprint density at radius 3 is 2.79 bits per heavy atom. The minimum atomic E-state index is -0.563. The van der Waals surface area contributed by atoms with Gasteiger partial charge < -0.3 is 15.7 Å². The first-order chi connectivity index (χ1) is 11.5. The lowest BCUT2D eigenvalue weighted by Crippen LogP contribution is -2.41. The molecule has 2 aromatic rings. The maximum atomic E-state index is 12.2. The highest BCUT2D eigenvalue weighted by Crippen LogP contribution is 2.30. The monoisotopic (exact) mass is 324 g/mol. The van der Waals surface area contributed by atoms with Gasteiger partial charge in [-0.2, -0.15) is 0 Å². The molecule has 24 heavy (non-hydrogen) atoms. The fourth-order valence-electron chi connectivity index (χ4n) is 3.38. The predicted octanol–water partition coefficient (Wildman–Crippen LogP) is 2.80. The van der Waals surface area contributed by atoms with E-state index in [4.69, 9.17) is 0 Å². The SMILES string of the molecule is Cc1ccc(CCNC(=O)NC2c3ccccc3CC2O)c(C)c1. The summed E-state index contributed by atoms with van der Waals surface area (Å²) in [7, 11) is 0. The van der Waals surface area contributed by atoms with Gasteiger partial charge in [0.25, 0.3) is 0 Å². The molecule has 3 rings (SSSR count). The molecule has 2 amide bonds. The average molecular weight is 324 g/mol. The fraction of sp³-hybridized carbons (Fsp3) is 0.350. The molecule has 0 radical (unpaired) electrons. The summed E-state index contributed by atoms with van der Waals surface area (Å²) in [5, 5.41) is 16.0. The molecule has 2 unspecified atom stereocenters. The van der Waals surface area contributed by atoms with Gasteiger partial charge >= 0.3 is 6.03 Å². The van der Waals surface area contributed by atoms with E-state index in [9.17, 15) is 9.90 Å². The lowest BCUT2D eigenvalue weighted by molar-refractivity contribution is 0.142. The summed E-state index contributed by atoms with van der Waals surface area (Å²) < 4.78 is 0. The molecule has 1 aliphatic rings. The fourth-order valence-corrected chi connectivity index (χ4v) is 3.38. The molecule has 0 aromatic heterocycles. The van der Waals surface area contributed by atoms with Crippen LogP contribution in [0.15, 0.2) is 42.5 Å². The van der Waals surface area contributed by atoms with Crippen LogP contribution in [0.25, 0.3) is 0 Å². The number of fused-ring (bicyclic) bond motifs is 1. The minimum Gasteiger partial charge on any atom is -0.390 e. The van der Waals surface area contributed by atoms with Crippen molar-refractivity contribution in [3.63, 3.8) is 0 Å². The van der Waals surface area contributed by atoms with Crippen LogP contribution in [0, 0.1) is 13.8 Å². The zero-order chi connectivity index (χ0) is 17.1. The van der Waals surface area contributed by atoms with Crippen LogP contribution in [0.2, 0.25) is 0 Å². The first-order valence-electron chi connectivity index (χ1n) is 8.41. The van der Waals surface area contributed by atoms with Crippen molar-refractivity contribution in [2.24, 2.45) is 0 Å². The highest BCUT2D eigenvalue weighted by molar-refractivity contribution is 5.74. The molecule has 0 aliphatic heterocycles. The van der Waals surface area contributed by atoms with Crippen molar-refractivity contribution < 1.29 is 9.90 Å². The Morgan fingerprint density at radius 1 is 1.21 bits per heavy atom. The molecule has 0 saturated heterocycles.